The molecule has 0 saturated heterocycles. The van der Waals surface area contributed by atoms with Gasteiger partial charge in [-0.15, -0.1) is 0 Å². The molecule has 0 fully saturated rings. The maximum absolute atomic E-state index is 12.5. The second-order valence-corrected chi connectivity index (χ2v) is 7.48. The van der Waals surface area contributed by atoms with Crippen LogP contribution in [-0.2, 0) is 9.84 Å². The topological polar surface area (TPSA) is 125 Å². The van der Waals surface area contributed by atoms with E-state index in [1.165, 1.54) is 37.4 Å². The van der Waals surface area contributed by atoms with E-state index in [0.29, 0.717) is 0 Å². The van der Waals surface area contributed by atoms with Gasteiger partial charge in [0.2, 0.25) is 0 Å². The van der Waals surface area contributed by atoms with E-state index in [1.54, 1.807) is 6.92 Å². The lowest BCUT2D eigenvalue weighted by atomic mass is 10.1. The van der Waals surface area contributed by atoms with E-state index in [-0.39, 0.29) is 34.3 Å². The molecule has 0 aliphatic heterocycles. The van der Waals surface area contributed by atoms with Gasteiger partial charge >= 0.3 is 0 Å². The molecule has 2 rings (SSSR count). The minimum atomic E-state index is -3.37. The molecule has 0 saturated carbocycles. The van der Waals surface area contributed by atoms with Crippen molar-refractivity contribution < 1.29 is 27.6 Å². The van der Waals surface area contributed by atoms with Crippen LogP contribution in [0.2, 0.25) is 0 Å². The van der Waals surface area contributed by atoms with Crippen LogP contribution in [0.25, 0.3) is 0 Å². The quantitative estimate of drug-likeness (QED) is 0.565. The Labute approximate surface area is 156 Å². The fourth-order valence-corrected chi connectivity index (χ4v) is 2.92. The lowest BCUT2D eigenvalue weighted by molar-refractivity contribution is -0.385. The van der Waals surface area contributed by atoms with E-state index in [1.807, 2.05) is 0 Å². The zero-order valence-corrected chi connectivity index (χ0v) is 15.7. The predicted octanol–water partition coefficient (Wildman–Crippen LogP) is 2.66. The monoisotopic (exact) mass is 394 g/mol. The molecule has 0 heterocycles. The molecule has 0 aliphatic carbocycles. The van der Waals surface area contributed by atoms with Gasteiger partial charge in [0, 0.05) is 18.0 Å². The number of hydrogen-bond donors (Lipinski definition) is 1. The molecule has 0 aliphatic rings. The lowest BCUT2D eigenvalue weighted by Crippen LogP contribution is -2.14. The number of methoxy groups -OCH3 is 1. The van der Waals surface area contributed by atoms with E-state index >= 15 is 0 Å². The van der Waals surface area contributed by atoms with Crippen molar-refractivity contribution in [2.75, 3.05) is 25.3 Å². The van der Waals surface area contributed by atoms with Crippen LogP contribution in [0, 0.1) is 10.1 Å². The number of nitro benzene ring substituents is 1. The molecule has 0 aromatic heterocycles. The number of amides is 1. The van der Waals surface area contributed by atoms with Gasteiger partial charge in [-0.05, 0) is 31.2 Å². The lowest BCUT2D eigenvalue weighted by Gasteiger charge is -2.12. The van der Waals surface area contributed by atoms with Gasteiger partial charge in [0.1, 0.15) is 5.56 Å². The van der Waals surface area contributed by atoms with Crippen LogP contribution < -0.4 is 14.8 Å². The molecule has 1 amide bonds. The van der Waals surface area contributed by atoms with E-state index in [4.69, 9.17) is 9.47 Å². The average Bonchev–Trinajstić information content (AvgIpc) is 2.61. The molecule has 10 heteroatoms. The molecule has 0 atom stereocenters. The average molecular weight is 394 g/mol. The molecule has 2 aromatic rings. The van der Waals surface area contributed by atoms with Crippen LogP contribution in [0.15, 0.2) is 41.3 Å². The van der Waals surface area contributed by atoms with E-state index in [0.717, 1.165) is 12.3 Å². The highest BCUT2D eigenvalue weighted by Gasteiger charge is 2.25. The van der Waals surface area contributed by atoms with Crippen molar-refractivity contribution in [1.29, 1.82) is 0 Å². The minimum Gasteiger partial charge on any atom is -0.493 e. The maximum Gasteiger partial charge on any atom is 0.286 e. The molecule has 0 radical (unpaired) electrons. The van der Waals surface area contributed by atoms with Crippen molar-refractivity contribution in [1.82, 2.24) is 0 Å². The van der Waals surface area contributed by atoms with Gasteiger partial charge in [-0.25, -0.2) is 8.42 Å². The zero-order valence-electron chi connectivity index (χ0n) is 14.9. The first kappa shape index (κ1) is 20.2. The number of ether oxygens (including phenoxy) is 2. The number of carbonyl (C=O) groups is 1. The molecule has 0 unspecified atom stereocenters. The van der Waals surface area contributed by atoms with Gasteiger partial charge < -0.3 is 14.8 Å². The van der Waals surface area contributed by atoms with Crippen LogP contribution in [0.4, 0.5) is 11.4 Å². The summed E-state index contributed by atoms with van der Waals surface area (Å²) >= 11 is 0. The maximum atomic E-state index is 12.5. The summed E-state index contributed by atoms with van der Waals surface area (Å²) in [5.74, 6) is -0.404. The highest BCUT2D eigenvalue weighted by molar-refractivity contribution is 7.90. The summed E-state index contributed by atoms with van der Waals surface area (Å²) in [6, 6.07) is 7.81. The summed E-state index contributed by atoms with van der Waals surface area (Å²) in [5, 5.41) is 13.8. The van der Waals surface area contributed by atoms with Gasteiger partial charge in [0.25, 0.3) is 11.6 Å². The highest BCUT2D eigenvalue weighted by atomic mass is 32.2. The molecule has 9 nitrogen and oxygen atoms in total. The van der Waals surface area contributed by atoms with Crippen molar-refractivity contribution in [3.05, 3.63) is 52.1 Å². The second kappa shape index (κ2) is 8.04. The molecular formula is C17H18N2O7S. The third-order valence-electron chi connectivity index (χ3n) is 3.56. The number of nitrogens with one attached hydrogen (secondary N) is 1. The third-order valence-corrected chi connectivity index (χ3v) is 4.69. The molecule has 0 bridgehead atoms. The van der Waals surface area contributed by atoms with E-state index in [2.05, 4.69) is 5.32 Å². The van der Waals surface area contributed by atoms with Crippen LogP contribution in [0.1, 0.15) is 17.3 Å². The first-order chi connectivity index (χ1) is 12.7. The van der Waals surface area contributed by atoms with Crippen LogP contribution in [-0.4, -0.2) is 39.2 Å². The summed E-state index contributed by atoms with van der Waals surface area (Å²) in [4.78, 5) is 23.3. The van der Waals surface area contributed by atoms with Crippen LogP contribution in [0.5, 0.6) is 11.5 Å². The Hall–Kier alpha value is -3.14. The standard InChI is InChI=1S/C17H18N2O7S/c1-4-26-16-9-13(14(19(21)22)10-15(16)25-2)17(20)18-11-5-7-12(8-6-11)27(3,23)24/h5-10H,4H2,1-3H3,(H,18,20). The van der Waals surface area contributed by atoms with E-state index in [9.17, 15) is 23.3 Å². The first-order valence-corrected chi connectivity index (χ1v) is 9.67. The Balaban J connectivity index is 2.39. The summed E-state index contributed by atoms with van der Waals surface area (Å²) in [6.07, 6.45) is 1.07. The number of hydrogen-bond acceptors (Lipinski definition) is 7. The Bertz CT molecular complexity index is 970. The van der Waals surface area contributed by atoms with Crippen LogP contribution in [0.3, 0.4) is 0 Å². The van der Waals surface area contributed by atoms with Crippen molar-refractivity contribution in [2.24, 2.45) is 0 Å². The number of nitro groups is 1. The smallest absolute Gasteiger partial charge is 0.286 e. The van der Waals surface area contributed by atoms with Gasteiger partial charge in [0.15, 0.2) is 21.3 Å². The Morgan fingerprint density at radius 3 is 2.30 bits per heavy atom. The summed E-state index contributed by atoms with van der Waals surface area (Å²) in [5.41, 5.74) is -0.368. The van der Waals surface area contributed by atoms with E-state index < -0.39 is 26.4 Å². The Morgan fingerprint density at radius 1 is 1.19 bits per heavy atom. The number of rotatable bonds is 7. The van der Waals surface area contributed by atoms with Gasteiger partial charge in [-0.3, -0.25) is 14.9 Å². The molecule has 0 spiro atoms. The van der Waals surface area contributed by atoms with Gasteiger partial charge in [-0.1, -0.05) is 0 Å². The van der Waals surface area contributed by atoms with Gasteiger partial charge in [-0.2, -0.15) is 0 Å². The first-order valence-electron chi connectivity index (χ1n) is 7.78. The number of sulfone groups is 1. The fraction of sp³-hybridized carbons (Fsp3) is 0.235. The number of benzene rings is 2. The summed E-state index contributed by atoms with van der Waals surface area (Å²) < 4.78 is 33.4. The zero-order chi connectivity index (χ0) is 20.2. The second-order valence-electron chi connectivity index (χ2n) is 5.46. The van der Waals surface area contributed by atoms with Crippen LogP contribution >= 0.6 is 0 Å². The summed E-state index contributed by atoms with van der Waals surface area (Å²) in [7, 11) is -2.03. The third kappa shape index (κ3) is 4.73. The predicted molar refractivity (Wildman–Crippen MR) is 98.3 cm³/mol. The molecule has 1 N–H and O–H groups in total. The highest BCUT2D eigenvalue weighted by Crippen LogP contribution is 2.35. The number of anilines is 1. The van der Waals surface area contributed by atoms with Crippen molar-refractivity contribution in [3.8, 4) is 11.5 Å². The Kier molecular flexibility index (Phi) is 6.01. The van der Waals surface area contributed by atoms with Crippen molar-refractivity contribution in [3.63, 3.8) is 0 Å². The SMILES string of the molecule is CCOc1cc(C(=O)Nc2ccc(S(C)(=O)=O)cc2)c([N+](=O)[O-])cc1OC. The van der Waals surface area contributed by atoms with Crippen molar-refractivity contribution >= 4 is 27.1 Å². The normalized spacial score (nSPS) is 10.9. The number of nitrogens with zero attached hydrogens (tertiary/aromatic N) is 1. The molecular weight excluding hydrogens is 376 g/mol. The van der Waals surface area contributed by atoms with Crippen molar-refractivity contribution in [2.45, 2.75) is 11.8 Å². The molecule has 2 aromatic carbocycles. The van der Waals surface area contributed by atoms with Gasteiger partial charge in [0.05, 0.1) is 29.6 Å². The minimum absolute atomic E-state index is 0.0922. The number of carbonyl (C=O) groups excluding carboxylic acids is 1. The molecule has 144 valence electrons. The largest absolute Gasteiger partial charge is 0.493 e. The fourth-order valence-electron chi connectivity index (χ4n) is 2.29. The summed E-state index contributed by atoms with van der Waals surface area (Å²) in [6.45, 7) is 2.01. The Morgan fingerprint density at radius 2 is 1.81 bits per heavy atom. The molecule has 27 heavy (non-hydrogen) atoms.